The molecule has 156 valence electrons. The van der Waals surface area contributed by atoms with Crippen LogP contribution in [0.1, 0.15) is 56.8 Å². The van der Waals surface area contributed by atoms with Crippen molar-refractivity contribution < 1.29 is 17.9 Å². The van der Waals surface area contributed by atoms with Gasteiger partial charge in [-0.1, -0.05) is 25.0 Å². The van der Waals surface area contributed by atoms with Crippen molar-refractivity contribution in [2.45, 2.75) is 70.7 Å². The number of nitrogens with one attached hydrogen (secondary N) is 1. The molecule has 28 heavy (non-hydrogen) atoms. The van der Waals surface area contributed by atoms with Gasteiger partial charge in [-0.15, -0.1) is 5.10 Å². The molecule has 10 heteroatoms. The zero-order valence-electron chi connectivity index (χ0n) is 16.4. The number of likely N-dealkylation sites (tertiary alicyclic amines) is 1. The lowest BCUT2D eigenvalue weighted by Crippen LogP contribution is -2.46. The average Bonchev–Trinajstić information content (AvgIpc) is 3.40. The van der Waals surface area contributed by atoms with Crippen molar-refractivity contribution in [3.05, 3.63) is 11.4 Å². The Hall–Kier alpha value is -1.52. The second kappa shape index (κ2) is 7.72. The Bertz CT molecular complexity index is 833. The van der Waals surface area contributed by atoms with E-state index in [-0.39, 0.29) is 24.1 Å². The molecule has 1 atom stereocenters. The third-order valence-corrected chi connectivity index (χ3v) is 7.67. The number of sulfonamides is 1. The van der Waals surface area contributed by atoms with Crippen LogP contribution in [0.4, 0.5) is 0 Å². The van der Waals surface area contributed by atoms with Crippen LogP contribution in [-0.4, -0.2) is 58.7 Å². The van der Waals surface area contributed by atoms with Crippen LogP contribution in [0, 0.1) is 5.92 Å². The number of ether oxygens (including phenoxy) is 1. The van der Waals surface area contributed by atoms with Gasteiger partial charge in [-0.05, 0) is 25.7 Å². The molecule has 1 saturated carbocycles. The van der Waals surface area contributed by atoms with Gasteiger partial charge in [0.2, 0.25) is 15.9 Å². The van der Waals surface area contributed by atoms with Gasteiger partial charge in [-0.3, -0.25) is 4.79 Å². The second-order valence-electron chi connectivity index (χ2n) is 8.24. The first-order valence-corrected chi connectivity index (χ1v) is 11.9. The second-order valence-corrected chi connectivity index (χ2v) is 10.2. The van der Waals surface area contributed by atoms with Gasteiger partial charge < -0.3 is 9.64 Å². The molecule has 1 aromatic rings. The lowest BCUT2D eigenvalue weighted by atomic mass is 10.0. The molecular weight excluding hydrogens is 382 g/mol. The lowest BCUT2D eigenvalue weighted by molar-refractivity contribution is -0.137. The molecule has 0 radical (unpaired) electrons. The van der Waals surface area contributed by atoms with Gasteiger partial charge in [-0.2, -0.15) is 0 Å². The summed E-state index contributed by atoms with van der Waals surface area (Å²) in [6, 6.07) is 0. The summed E-state index contributed by atoms with van der Waals surface area (Å²) in [5, 5.41) is 8.38. The van der Waals surface area contributed by atoms with Crippen LogP contribution in [0.25, 0.3) is 0 Å². The minimum atomic E-state index is -3.29. The highest BCUT2D eigenvalue weighted by Crippen LogP contribution is 2.35. The Balaban J connectivity index is 1.39. The Morgan fingerprint density at radius 1 is 1.32 bits per heavy atom. The summed E-state index contributed by atoms with van der Waals surface area (Å²) in [5.74, 6) is 0.554. The van der Waals surface area contributed by atoms with E-state index >= 15 is 0 Å². The van der Waals surface area contributed by atoms with E-state index in [0.717, 1.165) is 44.3 Å². The number of aromatic nitrogens is 3. The minimum Gasteiger partial charge on any atom is -0.365 e. The lowest BCUT2D eigenvalue weighted by Gasteiger charge is -2.34. The monoisotopic (exact) mass is 411 g/mol. The summed E-state index contributed by atoms with van der Waals surface area (Å²) in [6.07, 6.45) is 5.68. The van der Waals surface area contributed by atoms with Crippen LogP contribution < -0.4 is 4.72 Å². The van der Waals surface area contributed by atoms with E-state index in [2.05, 4.69) is 15.0 Å². The predicted molar refractivity (Wildman–Crippen MR) is 102 cm³/mol. The first-order valence-electron chi connectivity index (χ1n) is 10.2. The minimum absolute atomic E-state index is 0.0982. The van der Waals surface area contributed by atoms with Gasteiger partial charge in [-0.25, -0.2) is 17.8 Å². The first kappa shape index (κ1) is 19.8. The number of hydrogen-bond donors (Lipinski definition) is 1. The largest absolute Gasteiger partial charge is 0.365 e. The zero-order chi connectivity index (χ0) is 19.8. The molecule has 1 N–H and O–H groups in total. The topological polar surface area (TPSA) is 106 Å². The quantitative estimate of drug-likeness (QED) is 0.742. The number of carbonyl (C=O) groups is 1. The van der Waals surface area contributed by atoms with Crippen LogP contribution in [0.15, 0.2) is 0 Å². The molecular formula is C18H29N5O4S. The maximum Gasteiger partial charge on any atom is 0.225 e. The molecule has 1 unspecified atom stereocenters. The average molecular weight is 412 g/mol. The van der Waals surface area contributed by atoms with Crippen molar-refractivity contribution in [2.24, 2.45) is 5.92 Å². The third-order valence-electron chi connectivity index (χ3n) is 6.14. The van der Waals surface area contributed by atoms with Gasteiger partial charge in [0.25, 0.3) is 0 Å². The molecule has 2 fully saturated rings. The predicted octanol–water partition coefficient (Wildman–Crippen LogP) is 0.799. The first-order chi connectivity index (χ1) is 13.4. The molecule has 3 aliphatic rings. The zero-order valence-corrected chi connectivity index (χ0v) is 17.2. The molecule has 1 spiro atoms. The smallest absolute Gasteiger partial charge is 0.225 e. The highest BCUT2D eigenvalue weighted by atomic mass is 32.2. The molecule has 1 saturated heterocycles. The summed E-state index contributed by atoms with van der Waals surface area (Å²) < 4.78 is 34.3. The number of hydrogen-bond acceptors (Lipinski definition) is 6. The fourth-order valence-electron chi connectivity index (χ4n) is 4.56. The summed E-state index contributed by atoms with van der Waals surface area (Å²) >= 11 is 0. The number of amides is 1. The van der Waals surface area contributed by atoms with E-state index in [9.17, 15) is 13.2 Å². The number of rotatable bonds is 6. The van der Waals surface area contributed by atoms with Gasteiger partial charge in [0, 0.05) is 12.5 Å². The van der Waals surface area contributed by atoms with Crippen LogP contribution in [0.2, 0.25) is 0 Å². The molecule has 0 aromatic carbocycles. The Morgan fingerprint density at radius 3 is 2.86 bits per heavy atom. The Labute approximate surface area is 165 Å². The summed E-state index contributed by atoms with van der Waals surface area (Å²) in [4.78, 5) is 14.7. The number of fused-ring (bicyclic) bond motifs is 1. The molecule has 4 rings (SSSR count). The molecule has 3 heterocycles. The van der Waals surface area contributed by atoms with Crippen molar-refractivity contribution in [1.82, 2.24) is 24.6 Å². The van der Waals surface area contributed by atoms with Crippen LogP contribution in [-0.2, 0) is 39.3 Å². The fourth-order valence-corrected chi connectivity index (χ4v) is 5.60. The van der Waals surface area contributed by atoms with E-state index in [1.807, 2.05) is 16.5 Å². The highest BCUT2D eigenvalue weighted by molar-refractivity contribution is 7.89. The van der Waals surface area contributed by atoms with Gasteiger partial charge in [0.05, 0.1) is 37.7 Å². The SMILES string of the molecule is CCCS(=O)(=O)NCc1nnn2c1COC1(CCN(C(=O)C3CCCC3)C1)C2. The maximum absolute atomic E-state index is 12.7. The molecule has 1 amide bonds. The van der Waals surface area contributed by atoms with Gasteiger partial charge in [0.15, 0.2) is 0 Å². The normalized spacial score (nSPS) is 25.5. The molecule has 9 nitrogen and oxygen atoms in total. The third kappa shape index (κ3) is 3.95. The standard InChI is InChI=1S/C18H29N5O4S/c1-2-9-28(25,26)19-10-15-16-11-27-18(13-23(16)21-20-15)7-8-22(12-18)17(24)14-5-3-4-6-14/h14,19H,2-13H2,1H3. The van der Waals surface area contributed by atoms with Gasteiger partial charge in [0.1, 0.15) is 11.3 Å². The molecule has 2 aliphatic heterocycles. The van der Waals surface area contributed by atoms with E-state index in [1.54, 1.807) is 0 Å². The van der Waals surface area contributed by atoms with Crippen molar-refractivity contribution in [2.75, 3.05) is 18.8 Å². The van der Waals surface area contributed by atoms with Crippen molar-refractivity contribution in [3.8, 4) is 0 Å². The summed E-state index contributed by atoms with van der Waals surface area (Å²) in [7, 11) is -3.29. The van der Waals surface area contributed by atoms with Gasteiger partial charge >= 0.3 is 0 Å². The maximum atomic E-state index is 12.7. The molecule has 1 aliphatic carbocycles. The number of nitrogens with zero attached hydrogens (tertiary/aromatic N) is 4. The fraction of sp³-hybridized carbons (Fsp3) is 0.833. The summed E-state index contributed by atoms with van der Waals surface area (Å²) in [6.45, 7) is 4.16. The van der Waals surface area contributed by atoms with Crippen LogP contribution in [0.3, 0.4) is 0 Å². The van der Waals surface area contributed by atoms with Crippen molar-refractivity contribution in [3.63, 3.8) is 0 Å². The highest BCUT2D eigenvalue weighted by Gasteiger charge is 2.45. The van der Waals surface area contributed by atoms with Crippen LogP contribution >= 0.6 is 0 Å². The van der Waals surface area contributed by atoms with E-state index in [0.29, 0.717) is 31.8 Å². The Kier molecular flexibility index (Phi) is 5.45. The van der Waals surface area contributed by atoms with E-state index < -0.39 is 15.6 Å². The molecule has 1 aromatic heterocycles. The Morgan fingerprint density at radius 2 is 2.11 bits per heavy atom. The van der Waals surface area contributed by atoms with Crippen LogP contribution in [0.5, 0.6) is 0 Å². The number of carbonyl (C=O) groups excluding carboxylic acids is 1. The van der Waals surface area contributed by atoms with Crippen molar-refractivity contribution in [1.29, 1.82) is 0 Å². The molecule has 0 bridgehead atoms. The van der Waals surface area contributed by atoms with E-state index in [1.165, 1.54) is 0 Å². The van der Waals surface area contributed by atoms with Crippen molar-refractivity contribution >= 4 is 15.9 Å². The van der Waals surface area contributed by atoms with E-state index in [4.69, 9.17) is 4.74 Å². The summed E-state index contributed by atoms with van der Waals surface area (Å²) in [5.41, 5.74) is 1.00.